The van der Waals surface area contributed by atoms with E-state index >= 15 is 0 Å². The van der Waals surface area contributed by atoms with Crippen LogP contribution in [0.25, 0.3) is 22.1 Å². The highest BCUT2D eigenvalue weighted by atomic mass is 32.1. The highest BCUT2D eigenvalue weighted by molar-refractivity contribution is 7.13. The van der Waals surface area contributed by atoms with Gasteiger partial charge in [-0.15, -0.1) is 11.3 Å². The summed E-state index contributed by atoms with van der Waals surface area (Å²) in [5.74, 6) is 1.71. The van der Waals surface area contributed by atoms with Crippen LogP contribution in [-0.4, -0.2) is 39.2 Å². The van der Waals surface area contributed by atoms with Gasteiger partial charge in [-0.1, -0.05) is 16.4 Å². The van der Waals surface area contributed by atoms with E-state index in [1.807, 2.05) is 34.3 Å². The third kappa shape index (κ3) is 3.08. The first-order chi connectivity index (χ1) is 13.3. The summed E-state index contributed by atoms with van der Waals surface area (Å²) in [7, 11) is 0. The first kappa shape index (κ1) is 16.4. The molecule has 7 nitrogen and oxygen atoms in total. The Morgan fingerprint density at radius 1 is 1.22 bits per heavy atom. The lowest BCUT2D eigenvalue weighted by Crippen LogP contribution is -2.28. The molecule has 0 saturated carbocycles. The van der Waals surface area contributed by atoms with Gasteiger partial charge in [-0.05, 0) is 29.3 Å². The van der Waals surface area contributed by atoms with Gasteiger partial charge in [-0.2, -0.15) is 16.3 Å². The van der Waals surface area contributed by atoms with Crippen molar-refractivity contribution in [2.24, 2.45) is 0 Å². The molecule has 0 aromatic carbocycles. The first-order valence-corrected chi connectivity index (χ1v) is 10.3. The third-order valence-corrected chi connectivity index (χ3v) is 6.11. The number of likely N-dealkylation sites (tertiary alicyclic amines) is 1. The van der Waals surface area contributed by atoms with E-state index in [0.29, 0.717) is 36.3 Å². The number of nitrogens with zero attached hydrogens (tertiary/aromatic N) is 4. The predicted octanol–water partition coefficient (Wildman–Crippen LogP) is 4.14. The lowest BCUT2D eigenvalue weighted by atomic mass is 10.1. The third-order valence-electron chi connectivity index (χ3n) is 4.54. The predicted molar refractivity (Wildman–Crippen MR) is 101 cm³/mol. The van der Waals surface area contributed by atoms with Gasteiger partial charge in [0.1, 0.15) is 0 Å². The Morgan fingerprint density at radius 2 is 2.19 bits per heavy atom. The molecule has 27 heavy (non-hydrogen) atoms. The molecule has 9 heteroatoms. The van der Waals surface area contributed by atoms with Gasteiger partial charge >= 0.3 is 0 Å². The molecule has 1 fully saturated rings. The molecule has 0 bridgehead atoms. The molecule has 0 N–H and O–H groups in total. The van der Waals surface area contributed by atoms with Crippen LogP contribution in [0, 0.1) is 0 Å². The minimum absolute atomic E-state index is 0.0637. The van der Waals surface area contributed by atoms with Crippen LogP contribution in [0.2, 0.25) is 0 Å². The summed E-state index contributed by atoms with van der Waals surface area (Å²) in [6, 6.07) is 7.52. The van der Waals surface area contributed by atoms with Gasteiger partial charge in [0.05, 0.1) is 10.4 Å². The molecule has 0 radical (unpaired) electrons. The van der Waals surface area contributed by atoms with Crippen molar-refractivity contribution in [1.29, 1.82) is 0 Å². The van der Waals surface area contributed by atoms with Crippen LogP contribution in [-0.2, 0) is 0 Å². The van der Waals surface area contributed by atoms with Crippen molar-refractivity contribution in [2.75, 3.05) is 13.1 Å². The lowest BCUT2D eigenvalue weighted by Gasteiger charge is -2.13. The van der Waals surface area contributed by atoms with Gasteiger partial charge in [0.2, 0.25) is 0 Å². The second-order valence-corrected chi connectivity index (χ2v) is 7.99. The van der Waals surface area contributed by atoms with Crippen molar-refractivity contribution in [2.45, 2.75) is 12.3 Å². The standard InChI is InChI=1S/C18H14N4O3S2/c23-18(13-8-14(24-20-13)15-2-1-6-27-15)22-5-3-11(9-22)16-19-17(25-21-16)12-4-7-26-10-12/h1-2,4,6-8,10-11H,3,5,9H2. The van der Waals surface area contributed by atoms with E-state index in [0.717, 1.165) is 16.9 Å². The molecule has 136 valence electrons. The summed E-state index contributed by atoms with van der Waals surface area (Å²) >= 11 is 3.13. The maximum absolute atomic E-state index is 12.7. The first-order valence-electron chi connectivity index (χ1n) is 8.44. The van der Waals surface area contributed by atoms with Crippen molar-refractivity contribution in [3.8, 4) is 22.1 Å². The Hall–Kier alpha value is -2.78. The topological polar surface area (TPSA) is 85.3 Å². The fourth-order valence-corrected chi connectivity index (χ4v) is 4.44. The molecule has 0 spiro atoms. The van der Waals surface area contributed by atoms with Crippen LogP contribution < -0.4 is 0 Å². The molecule has 1 unspecified atom stereocenters. The maximum Gasteiger partial charge on any atom is 0.276 e. The van der Waals surface area contributed by atoms with Crippen molar-refractivity contribution in [1.82, 2.24) is 20.2 Å². The number of rotatable bonds is 4. The summed E-state index contributed by atoms with van der Waals surface area (Å²) in [6.07, 6.45) is 0.796. The molecule has 0 aliphatic carbocycles. The Morgan fingerprint density at radius 3 is 3.00 bits per heavy atom. The number of hydrogen-bond acceptors (Lipinski definition) is 8. The lowest BCUT2D eigenvalue weighted by molar-refractivity contribution is 0.0780. The minimum atomic E-state index is -0.134. The zero-order valence-electron chi connectivity index (χ0n) is 14.1. The Labute approximate surface area is 162 Å². The van der Waals surface area contributed by atoms with Gasteiger partial charge in [0.25, 0.3) is 11.8 Å². The average molecular weight is 398 g/mol. The second kappa shape index (κ2) is 6.75. The SMILES string of the molecule is O=C(c1cc(-c2cccs2)on1)N1CCC(c2noc(-c3ccsc3)n2)C1. The van der Waals surface area contributed by atoms with Crippen molar-refractivity contribution >= 4 is 28.6 Å². The van der Waals surface area contributed by atoms with E-state index in [1.54, 1.807) is 33.6 Å². The summed E-state index contributed by atoms with van der Waals surface area (Å²) < 4.78 is 10.7. The number of carbonyl (C=O) groups is 1. The molecular formula is C18H14N4O3S2. The van der Waals surface area contributed by atoms with Gasteiger partial charge in [-0.3, -0.25) is 4.79 Å². The Kier molecular flexibility index (Phi) is 4.10. The fraction of sp³-hybridized carbons (Fsp3) is 0.222. The molecule has 1 amide bonds. The van der Waals surface area contributed by atoms with Crippen molar-refractivity contribution in [3.63, 3.8) is 0 Å². The minimum Gasteiger partial charge on any atom is -0.355 e. The molecule has 5 heterocycles. The molecule has 1 atom stereocenters. The van der Waals surface area contributed by atoms with Gasteiger partial charge in [0, 0.05) is 30.5 Å². The quantitative estimate of drug-likeness (QED) is 0.513. The van der Waals surface area contributed by atoms with Gasteiger partial charge in [0.15, 0.2) is 17.3 Å². The molecule has 1 saturated heterocycles. The van der Waals surface area contributed by atoms with Crippen LogP contribution >= 0.6 is 22.7 Å². The summed E-state index contributed by atoms with van der Waals surface area (Å²) in [5.41, 5.74) is 1.25. The number of aromatic nitrogens is 3. The summed E-state index contributed by atoms with van der Waals surface area (Å²) in [4.78, 5) is 20.0. The zero-order chi connectivity index (χ0) is 18.2. The smallest absolute Gasteiger partial charge is 0.276 e. The Balaban J connectivity index is 1.29. The number of thiophene rings is 2. The highest BCUT2D eigenvalue weighted by Crippen LogP contribution is 2.30. The molecule has 5 rings (SSSR count). The van der Waals surface area contributed by atoms with Gasteiger partial charge in [-0.25, -0.2) is 0 Å². The van der Waals surface area contributed by atoms with Crippen LogP contribution in [0.5, 0.6) is 0 Å². The van der Waals surface area contributed by atoms with Crippen LogP contribution in [0.4, 0.5) is 0 Å². The summed E-state index contributed by atoms with van der Waals surface area (Å²) in [5, 5.41) is 13.9. The van der Waals surface area contributed by atoms with E-state index in [-0.39, 0.29) is 11.8 Å². The molecule has 1 aliphatic rings. The van der Waals surface area contributed by atoms with Crippen molar-refractivity contribution < 1.29 is 13.8 Å². The number of amides is 1. The number of hydrogen-bond donors (Lipinski definition) is 0. The van der Waals surface area contributed by atoms with E-state index < -0.39 is 0 Å². The fourth-order valence-electron chi connectivity index (χ4n) is 3.13. The normalized spacial score (nSPS) is 16.9. The van der Waals surface area contributed by atoms with E-state index in [9.17, 15) is 4.79 Å². The van der Waals surface area contributed by atoms with E-state index in [2.05, 4.69) is 15.3 Å². The molecule has 4 aromatic heterocycles. The van der Waals surface area contributed by atoms with Crippen LogP contribution in [0.3, 0.4) is 0 Å². The van der Waals surface area contributed by atoms with Gasteiger partial charge < -0.3 is 13.9 Å². The van der Waals surface area contributed by atoms with E-state index in [1.165, 1.54) is 0 Å². The highest BCUT2D eigenvalue weighted by Gasteiger charge is 2.32. The molecule has 1 aliphatic heterocycles. The largest absolute Gasteiger partial charge is 0.355 e. The second-order valence-electron chi connectivity index (χ2n) is 6.26. The van der Waals surface area contributed by atoms with Crippen LogP contribution in [0.15, 0.2) is 49.5 Å². The monoisotopic (exact) mass is 398 g/mol. The van der Waals surface area contributed by atoms with Crippen molar-refractivity contribution in [3.05, 3.63) is 51.9 Å². The van der Waals surface area contributed by atoms with E-state index in [4.69, 9.17) is 9.05 Å². The number of carbonyl (C=O) groups excluding carboxylic acids is 1. The Bertz CT molecular complexity index is 1050. The maximum atomic E-state index is 12.7. The van der Waals surface area contributed by atoms with Crippen LogP contribution in [0.1, 0.15) is 28.7 Å². The zero-order valence-corrected chi connectivity index (χ0v) is 15.7. The average Bonchev–Trinajstić information content (AvgIpc) is 3.50. The molecular weight excluding hydrogens is 384 g/mol. The molecule has 4 aromatic rings. The summed E-state index contributed by atoms with van der Waals surface area (Å²) in [6.45, 7) is 1.18.